The summed E-state index contributed by atoms with van der Waals surface area (Å²) in [5.41, 5.74) is 7.52. The fourth-order valence-corrected chi connectivity index (χ4v) is 2.89. The van der Waals surface area contributed by atoms with Gasteiger partial charge in [0.2, 0.25) is 5.75 Å². The number of amides is 1. The van der Waals surface area contributed by atoms with E-state index in [1.165, 1.54) is 14.2 Å². The zero-order valence-corrected chi connectivity index (χ0v) is 15.7. The lowest BCUT2D eigenvalue weighted by Gasteiger charge is -2.17. The van der Waals surface area contributed by atoms with E-state index >= 15 is 0 Å². The molecule has 1 saturated carbocycles. The van der Waals surface area contributed by atoms with Gasteiger partial charge in [0.05, 0.1) is 14.2 Å². The lowest BCUT2D eigenvalue weighted by molar-refractivity contribution is 0.0949. The number of carbonyl (C=O) groups excluding carboxylic acids is 1. The van der Waals surface area contributed by atoms with Crippen LogP contribution in [-0.4, -0.2) is 32.7 Å². The van der Waals surface area contributed by atoms with Gasteiger partial charge in [0.25, 0.3) is 5.91 Å². The van der Waals surface area contributed by atoms with E-state index in [1.807, 2.05) is 30.3 Å². The predicted octanol–water partition coefficient (Wildman–Crippen LogP) is 2.75. The SMILES string of the molecule is COc1cc(C(=O)NCC(N)C2CC2)cc(OC)c1OCc1ccccc1. The van der Waals surface area contributed by atoms with Crippen molar-refractivity contribution in [2.45, 2.75) is 25.5 Å². The van der Waals surface area contributed by atoms with Crippen molar-refractivity contribution in [2.24, 2.45) is 11.7 Å². The van der Waals surface area contributed by atoms with Crippen molar-refractivity contribution in [1.82, 2.24) is 5.32 Å². The average molecular weight is 370 g/mol. The van der Waals surface area contributed by atoms with Crippen LogP contribution in [0.5, 0.6) is 17.2 Å². The van der Waals surface area contributed by atoms with Crippen molar-refractivity contribution in [3.05, 3.63) is 53.6 Å². The molecule has 2 aromatic carbocycles. The summed E-state index contributed by atoms with van der Waals surface area (Å²) < 4.78 is 16.8. The Labute approximate surface area is 159 Å². The topological polar surface area (TPSA) is 82.8 Å². The van der Waals surface area contributed by atoms with Gasteiger partial charge in [-0.15, -0.1) is 0 Å². The van der Waals surface area contributed by atoms with Crippen molar-refractivity contribution in [3.63, 3.8) is 0 Å². The largest absolute Gasteiger partial charge is 0.493 e. The summed E-state index contributed by atoms with van der Waals surface area (Å²) >= 11 is 0. The molecule has 0 saturated heterocycles. The maximum atomic E-state index is 12.5. The van der Waals surface area contributed by atoms with Gasteiger partial charge in [-0.25, -0.2) is 0 Å². The fraction of sp³-hybridized carbons (Fsp3) is 0.381. The molecule has 0 aliphatic heterocycles. The highest BCUT2D eigenvalue weighted by molar-refractivity contribution is 5.95. The van der Waals surface area contributed by atoms with Crippen LogP contribution in [0.15, 0.2) is 42.5 Å². The highest BCUT2D eigenvalue weighted by Gasteiger charge is 2.28. The summed E-state index contributed by atoms with van der Waals surface area (Å²) in [6.45, 7) is 0.829. The maximum Gasteiger partial charge on any atom is 0.251 e. The van der Waals surface area contributed by atoms with Crippen molar-refractivity contribution in [2.75, 3.05) is 20.8 Å². The minimum Gasteiger partial charge on any atom is -0.493 e. The molecule has 3 N–H and O–H groups in total. The molecule has 1 aliphatic carbocycles. The van der Waals surface area contributed by atoms with Crippen LogP contribution < -0.4 is 25.3 Å². The van der Waals surface area contributed by atoms with Gasteiger partial charge in [-0.3, -0.25) is 4.79 Å². The van der Waals surface area contributed by atoms with Crippen LogP contribution in [0.1, 0.15) is 28.8 Å². The van der Waals surface area contributed by atoms with Gasteiger partial charge in [-0.1, -0.05) is 30.3 Å². The summed E-state index contributed by atoms with van der Waals surface area (Å²) in [6, 6.07) is 13.1. The highest BCUT2D eigenvalue weighted by Crippen LogP contribution is 2.39. The second kappa shape index (κ2) is 8.77. The molecule has 0 heterocycles. The smallest absolute Gasteiger partial charge is 0.251 e. The Morgan fingerprint density at radius 1 is 1.15 bits per heavy atom. The van der Waals surface area contributed by atoms with Gasteiger partial charge < -0.3 is 25.3 Å². The molecule has 144 valence electrons. The number of hydrogen-bond donors (Lipinski definition) is 2. The Bertz CT molecular complexity index is 750. The molecule has 1 amide bonds. The third-order valence-electron chi connectivity index (χ3n) is 4.67. The van der Waals surface area contributed by atoms with E-state index in [-0.39, 0.29) is 11.9 Å². The maximum absolute atomic E-state index is 12.5. The molecule has 2 aromatic rings. The molecule has 27 heavy (non-hydrogen) atoms. The first kappa shape index (κ1) is 19.0. The monoisotopic (exact) mass is 370 g/mol. The van der Waals surface area contributed by atoms with Crippen LogP contribution in [0.3, 0.4) is 0 Å². The molecule has 1 unspecified atom stereocenters. The number of rotatable bonds is 9. The molecule has 6 heteroatoms. The second-order valence-electron chi connectivity index (χ2n) is 6.70. The van der Waals surface area contributed by atoms with E-state index < -0.39 is 0 Å². The number of ether oxygens (including phenoxy) is 3. The zero-order valence-electron chi connectivity index (χ0n) is 15.7. The summed E-state index contributed by atoms with van der Waals surface area (Å²) in [6.07, 6.45) is 2.29. The number of methoxy groups -OCH3 is 2. The van der Waals surface area contributed by atoms with Gasteiger partial charge in [-0.05, 0) is 36.5 Å². The van der Waals surface area contributed by atoms with Gasteiger partial charge in [0, 0.05) is 18.2 Å². The first-order valence-electron chi connectivity index (χ1n) is 9.09. The first-order valence-corrected chi connectivity index (χ1v) is 9.09. The lowest BCUT2D eigenvalue weighted by Crippen LogP contribution is -2.38. The van der Waals surface area contributed by atoms with Gasteiger partial charge in [0.1, 0.15) is 6.61 Å². The molecule has 1 aliphatic rings. The minimum atomic E-state index is -0.211. The van der Waals surface area contributed by atoms with Crippen LogP contribution >= 0.6 is 0 Å². The molecule has 0 radical (unpaired) electrons. The summed E-state index contributed by atoms with van der Waals surface area (Å²) in [7, 11) is 3.07. The van der Waals surface area contributed by atoms with Gasteiger partial charge >= 0.3 is 0 Å². The number of hydrogen-bond acceptors (Lipinski definition) is 5. The Kier molecular flexibility index (Phi) is 6.19. The summed E-state index contributed by atoms with van der Waals surface area (Å²) in [5, 5.41) is 2.88. The Balaban J connectivity index is 1.73. The second-order valence-corrected chi connectivity index (χ2v) is 6.70. The molecular formula is C21H26N2O4. The van der Waals surface area contributed by atoms with Gasteiger partial charge in [-0.2, -0.15) is 0 Å². The van der Waals surface area contributed by atoms with Crippen LogP contribution in [0.25, 0.3) is 0 Å². The zero-order chi connectivity index (χ0) is 19.2. The van der Waals surface area contributed by atoms with E-state index in [0.717, 1.165) is 18.4 Å². The molecule has 0 spiro atoms. The number of carbonyl (C=O) groups is 1. The van der Waals surface area contributed by atoms with Crippen LogP contribution in [-0.2, 0) is 6.61 Å². The molecule has 1 atom stereocenters. The lowest BCUT2D eigenvalue weighted by atomic mass is 10.1. The van der Waals surface area contributed by atoms with Crippen molar-refractivity contribution in [3.8, 4) is 17.2 Å². The highest BCUT2D eigenvalue weighted by atomic mass is 16.5. The number of nitrogens with one attached hydrogen (secondary N) is 1. The molecule has 6 nitrogen and oxygen atoms in total. The number of benzene rings is 2. The van der Waals surface area contributed by atoms with E-state index in [9.17, 15) is 4.79 Å². The van der Waals surface area contributed by atoms with E-state index in [1.54, 1.807) is 12.1 Å². The van der Waals surface area contributed by atoms with Crippen molar-refractivity contribution >= 4 is 5.91 Å². The molecule has 0 bridgehead atoms. The first-order chi connectivity index (χ1) is 13.1. The van der Waals surface area contributed by atoms with E-state index in [0.29, 0.717) is 41.9 Å². The van der Waals surface area contributed by atoms with Crippen molar-refractivity contribution < 1.29 is 19.0 Å². The predicted molar refractivity (Wildman–Crippen MR) is 103 cm³/mol. The Morgan fingerprint density at radius 2 is 1.78 bits per heavy atom. The third-order valence-corrected chi connectivity index (χ3v) is 4.67. The van der Waals surface area contributed by atoms with Crippen LogP contribution in [0, 0.1) is 5.92 Å². The summed E-state index contributed by atoms with van der Waals surface area (Å²) in [5.74, 6) is 1.68. The van der Waals surface area contributed by atoms with E-state index in [4.69, 9.17) is 19.9 Å². The average Bonchev–Trinajstić information content (AvgIpc) is 3.55. The van der Waals surface area contributed by atoms with Gasteiger partial charge in [0.15, 0.2) is 11.5 Å². The third kappa shape index (κ3) is 4.92. The Hall–Kier alpha value is -2.73. The van der Waals surface area contributed by atoms with Crippen LogP contribution in [0.2, 0.25) is 0 Å². The molecule has 1 fully saturated rings. The molecule has 3 rings (SSSR count). The molecule has 0 aromatic heterocycles. The van der Waals surface area contributed by atoms with Crippen LogP contribution in [0.4, 0.5) is 0 Å². The molecular weight excluding hydrogens is 344 g/mol. The van der Waals surface area contributed by atoms with E-state index in [2.05, 4.69) is 5.32 Å². The quantitative estimate of drug-likeness (QED) is 0.709. The minimum absolute atomic E-state index is 0.00576. The Morgan fingerprint density at radius 3 is 2.33 bits per heavy atom. The van der Waals surface area contributed by atoms with Crippen molar-refractivity contribution in [1.29, 1.82) is 0 Å². The normalized spacial score (nSPS) is 14.3. The summed E-state index contributed by atoms with van der Waals surface area (Å²) in [4.78, 5) is 12.5. The number of nitrogens with two attached hydrogens (primary N) is 1. The fourth-order valence-electron chi connectivity index (χ4n) is 2.89. The standard InChI is InChI=1S/C21H26N2O4/c1-25-18-10-16(21(24)23-12-17(22)15-8-9-15)11-19(26-2)20(18)27-13-14-6-4-3-5-7-14/h3-7,10-11,15,17H,8-9,12-13,22H2,1-2H3,(H,23,24).